The molecule has 2 aromatic rings. The summed E-state index contributed by atoms with van der Waals surface area (Å²) in [5, 5.41) is 0.965. The third kappa shape index (κ3) is 2.86. The minimum Gasteiger partial charge on any atom is -0.341 e. The van der Waals surface area contributed by atoms with Gasteiger partial charge in [0.25, 0.3) is 0 Å². The maximum Gasteiger partial charge on any atom is 0.172 e. The Bertz CT molecular complexity index is 571. The second-order valence-electron chi connectivity index (χ2n) is 5.84. The molecule has 3 rings (SSSR count). The van der Waals surface area contributed by atoms with Crippen LogP contribution >= 0.6 is 12.2 Å². The van der Waals surface area contributed by atoms with E-state index in [0.29, 0.717) is 12.1 Å². The Morgan fingerprint density at radius 1 is 0.727 bits per heavy atom. The molecule has 0 radical (unpaired) electrons. The lowest BCUT2D eigenvalue weighted by atomic mass is 10.1. The average Bonchev–Trinajstić information content (AvgIpc) is 2.96. The predicted molar refractivity (Wildman–Crippen MR) is 95.7 cm³/mol. The molecule has 0 bridgehead atoms. The molecule has 0 spiro atoms. The summed E-state index contributed by atoms with van der Waals surface area (Å²) in [6.45, 7) is 6.45. The van der Waals surface area contributed by atoms with Gasteiger partial charge in [0.2, 0.25) is 0 Å². The summed E-state index contributed by atoms with van der Waals surface area (Å²) in [4.78, 5) is 4.67. The number of nitrogens with zero attached hydrogens (tertiary/aromatic N) is 2. The zero-order chi connectivity index (χ0) is 15.5. The van der Waals surface area contributed by atoms with Gasteiger partial charge >= 0.3 is 0 Å². The van der Waals surface area contributed by atoms with Gasteiger partial charge in [0.1, 0.15) is 0 Å². The summed E-state index contributed by atoms with van der Waals surface area (Å²) in [6, 6.07) is 21.8. The fraction of sp³-hybridized carbons (Fsp3) is 0.316. The van der Waals surface area contributed by atoms with E-state index >= 15 is 0 Å². The van der Waals surface area contributed by atoms with Crippen LogP contribution < -0.4 is 0 Å². The van der Waals surface area contributed by atoms with Gasteiger partial charge in [-0.2, -0.15) is 0 Å². The number of thiocarbonyl (C=S) groups is 1. The van der Waals surface area contributed by atoms with Crippen molar-refractivity contribution in [1.29, 1.82) is 0 Å². The summed E-state index contributed by atoms with van der Waals surface area (Å²) >= 11 is 5.77. The number of hydrogen-bond acceptors (Lipinski definition) is 1. The van der Waals surface area contributed by atoms with Crippen LogP contribution in [0.3, 0.4) is 0 Å². The third-order valence-electron chi connectivity index (χ3n) is 4.57. The molecule has 1 heterocycles. The molecule has 0 N–H and O–H groups in total. The first-order valence-corrected chi connectivity index (χ1v) is 8.26. The molecule has 0 amide bonds. The molecule has 0 aliphatic carbocycles. The number of rotatable bonds is 4. The van der Waals surface area contributed by atoms with E-state index in [-0.39, 0.29) is 0 Å². The van der Waals surface area contributed by atoms with Gasteiger partial charge in [-0.25, -0.2) is 0 Å². The van der Waals surface area contributed by atoms with Gasteiger partial charge in [0.05, 0.1) is 12.1 Å². The van der Waals surface area contributed by atoms with Crippen molar-refractivity contribution in [3.05, 3.63) is 71.8 Å². The molecule has 1 aliphatic heterocycles. The zero-order valence-electron chi connectivity index (χ0n) is 13.1. The third-order valence-corrected chi connectivity index (χ3v) is 5.04. The van der Waals surface area contributed by atoms with E-state index < -0.39 is 0 Å². The Labute approximate surface area is 138 Å². The fourth-order valence-corrected chi connectivity index (χ4v) is 3.61. The summed E-state index contributed by atoms with van der Waals surface area (Å²) in [7, 11) is 0. The highest BCUT2D eigenvalue weighted by Gasteiger charge is 2.32. The Morgan fingerprint density at radius 3 is 1.45 bits per heavy atom. The molecule has 0 saturated carbocycles. The monoisotopic (exact) mass is 310 g/mol. The summed E-state index contributed by atoms with van der Waals surface area (Å²) < 4.78 is 0. The van der Waals surface area contributed by atoms with E-state index in [1.807, 2.05) is 0 Å². The molecule has 3 heteroatoms. The van der Waals surface area contributed by atoms with Gasteiger partial charge in [-0.1, -0.05) is 60.7 Å². The number of benzene rings is 2. The second kappa shape index (κ2) is 6.49. The van der Waals surface area contributed by atoms with E-state index in [1.54, 1.807) is 0 Å². The van der Waals surface area contributed by atoms with Crippen LogP contribution in [-0.2, 0) is 0 Å². The van der Waals surface area contributed by atoms with Gasteiger partial charge in [0.15, 0.2) is 5.11 Å². The zero-order valence-corrected chi connectivity index (χ0v) is 14.0. The van der Waals surface area contributed by atoms with Crippen molar-refractivity contribution >= 4 is 17.3 Å². The lowest BCUT2D eigenvalue weighted by molar-refractivity contribution is 0.373. The first-order valence-electron chi connectivity index (χ1n) is 7.85. The molecule has 2 atom stereocenters. The maximum atomic E-state index is 5.77. The minimum atomic E-state index is 0.321. The largest absolute Gasteiger partial charge is 0.341 e. The second-order valence-corrected chi connectivity index (χ2v) is 6.21. The van der Waals surface area contributed by atoms with Crippen LogP contribution in [0.5, 0.6) is 0 Å². The van der Waals surface area contributed by atoms with Crippen molar-refractivity contribution in [1.82, 2.24) is 9.80 Å². The Hall–Kier alpha value is -1.87. The van der Waals surface area contributed by atoms with Gasteiger partial charge < -0.3 is 9.80 Å². The van der Waals surface area contributed by atoms with Crippen LogP contribution in [0.4, 0.5) is 0 Å². The van der Waals surface area contributed by atoms with E-state index in [9.17, 15) is 0 Å². The topological polar surface area (TPSA) is 6.48 Å². The van der Waals surface area contributed by atoms with Crippen LogP contribution in [-0.4, -0.2) is 28.0 Å². The average molecular weight is 310 g/mol. The van der Waals surface area contributed by atoms with E-state index in [0.717, 1.165) is 18.2 Å². The van der Waals surface area contributed by atoms with Crippen molar-refractivity contribution in [3.8, 4) is 0 Å². The number of hydrogen-bond donors (Lipinski definition) is 0. The normalized spacial score (nSPS) is 17.6. The van der Waals surface area contributed by atoms with Crippen molar-refractivity contribution in [2.45, 2.75) is 25.9 Å². The van der Waals surface area contributed by atoms with Gasteiger partial charge in [-0.3, -0.25) is 0 Å². The highest BCUT2D eigenvalue weighted by molar-refractivity contribution is 7.80. The van der Waals surface area contributed by atoms with Crippen molar-refractivity contribution in [2.75, 3.05) is 13.1 Å². The van der Waals surface area contributed by atoms with Crippen LogP contribution in [0.2, 0.25) is 0 Å². The van der Waals surface area contributed by atoms with Crippen molar-refractivity contribution < 1.29 is 0 Å². The first kappa shape index (κ1) is 15.0. The molecule has 1 fully saturated rings. The maximum absolute atomic E-state index is 5.77. The Kier molecular flexibility index (Phi) is 4.44. The van der Waals surface area contributed by atoms with Crippen molar-refractivity contribution in [3.63, 3.8) is 0 Å². The molecule has 1 saturated heterocycles. The van der Waals surface area contributed by atoms with Gasteiger partial charge in [-0.05, 0) is 37.2 Å². The van der Waals surface area contributed by atoms with Crippen LogP contribution in [0, 0.1) is 0 Å². The molecular formula is C19H22N2S. The van der Waals surface area contributed by atoms with Crippen LogP contribution in [0.1, 0.15) is 37.1 Å². The predicted octanol–water partition coefficient (Wildman–Crippen LogP) is 4.41. The lowest BCUT2D eigenvalue weighted by Gasteiger charge is -2.31. The van der Waals surface area contributed by atoms with E-state index in [2.05, 4.69) is 84.3 Å². The molecule has 2 unspecified atom stereocenters. The fourth-order valence-electron chi connectivity index (χ4n) is 3.11. The highest BCUT2D eigenvalue weighted by Crippen LogP contribution is 2.30. The molecule has 114 valence electrons. The minimum absolute atomic E-state index is 0.321. The highest BCUT2D eigenvalue weighted by atomic mass is 32.1. The van der Waals surface area contributed by atoms with E-state index in [1.165, 1.54) is 11.1 Å². The van der Waals surface area contributed by atoms with Crippen LogP contribution in [0.15, 0.2) is 60.7 Å². The molecule has 0 aromatic heterocycles. The molecule has 1 aliphatic rings. The van der Waals surface area contributed by atoms with Gasteiger partial charge in [-0.15, -0.1) is 0 Å². The van der Waals surface area contributed by atoms with Crippen LogP contribution in [0.25, 0.3) is 0 Å². The van der Waals surface area contributed by atoms with E-state index in [4.69, 9.17) is 12.2 Å². The smallest absolute Gasteiger partial charge is 0.172 e. The SMILES string of the molecule is CC(c1ccccc1)N1CCN(C(C)c2ccccc2)C1=S. The van der Waals surface area contributed by atoms with Gasteiger partial charge in [0, 0.05) is 13.1 Å². The summed E-state index contributed by atoms with van der Waals surface area (Å²) in [5.41, 5.74) is 2.64. The Morgan fingerprint density at radius 2 is 1.09 bits per heavy atom. The molecular weight excluding hydrogens is 288 g/mol. The quantitative estimate of drug-likeness (QED) is 0.772. The summed E-state index contributed by atoms with van der Waals surface area (Å²) in [5.74, 6) is 0. The molecule has 2 nitrogen and oxygen atoms in total. The molecule has 22 heavy (non-hydrogen) atoms. The standard InChI is InChI=1S/C19H22N2S/c1-15(17-9-5-3-6-10-17)20-13-14-21(19(20)22)16(2)18-11-7-4-8-12-18/h3-12,15-16H,13-14H2,1-2H3. The Balaban J connectivity index is 1.75. The van der Waals surface area contributed by atoms with Crippen molar-refractivity contribution in [2.24, 2.45) is 0 Å². The first-order chi connectivity index (χ1) is 10.7. The molecule has 2 aromatic carbocycles. The summed E-state index contributed by atoms with van der Waals surface area (Å²) in [6.07, 6.45) is 0. The lowest BCUT2D eigenvalue weighted by Crippen LogP contribution is -2.34.